The van der Waals surface area contributed by atoms with Gasteiger partial charge in [-0.15, -0.1) is 0 Å². The average Bonchev–Trinajstić information content (AvgIpc) is 1.98. The third-order valence-corrected chi connectivity index (χ3v) is 1.12. The number of imidazole rings is 1. The molecule has 0 saturated heterocycles. The minimum Gasteiger partial charge on any atom is -0.492 e. The van der Waals surface area contributed by atoms with E-state index >= 15 is 0 Å². The van der Waals surface area contributed by atoms with Gasteiger partial charge in [0.15, 0.2) is 0 Å². The van der Waals surface area contributed by atoms with Gasteiger partial charge < -0.3 is 15.5 Å². The van der Waals surface area contributed by atoms with Gasteiger partial charge in [0.2, 0.25) is 11.5 Å². The molecule has 1 aromatic heterocycles. The zero-order valence-corrected chi connectivity index (χ0v) is 5.00. The highest BCUT2D eigenvalue weighted by molar-refractivity contribution is 5.03. The van der Waals surface area contributed by atoms with Crippen molar-refractivity contribution in [3.63, 3.8) is 0 Å². The van der Waals surface area contributed by atoms with Crippen molar-refractivity contribution in [2.24, 2.45) is 7.05 Å². The lowest BCUT2D eigenvalue weighted by Crippen LogP contribution is -2.27. The van der Waals surface area contributed by atoms with Gasteiger partial charge in [-0.2, -0.15) is 4.68 Å². The van der Waals surface area contributed by atoms with Gasteiger partial charge in [0.05, 0.1) is 6.20 Å². The lowest BCUT2D eigenvalue weighted by atomic mass is 10.8. The third-order valence-electron chi connectivity index (χ3n) is 1.12. The first-order valence-corrected chi connectivity index (χ1v) is 2.40. The molecule has 0 bridgehead atoms. The molecule has 0 aliphatic carbocycles. The zero-order chi connectivity index (χ0) is 7.02. The Morgan fingerprint density at radius 3 is 2.44 bits per heavy atom. The maximum absolute atomic E-state index is 8.82. The van der Waals surface area contributed by atoms with Crippen LogP contribution in [-0.2, 0) is 7.05 Å². The average molecular weight is 128 g/mol. The molecule has 0 amide bonds. The molecule has 1 rings (SSSR count). The predicted octanol–water partition coefficient (Wildman–Crippen LogP) is -1.27. The summed E-state index contributed by atoms with van der Waals surface area (Å²) in [6.07, 6.45) is 1.36. The molecule has 5 heteroatoms. The van der Waals surface area contributed by atoms with E-state index < -0.39 is 0 Å². The fourth-order valence-corrected chi connectivity index (χ4v) is 0.575. The normalized spacial score (nSPS) is 9.89. The van der Waals surface area contributed by atoms with Crippen LogP contribution >= 0.6 is 0 Å². The predicted molar refractivity (Wildman–Crippen MR) is 31.1 cm³/mol. The lowest BCUT2D eigenvalue weighted by molar-refractivity contribution is 0.434. The minimum atomic E-state index is -0.109. The quantitative estimate of drug-likeness (QED) is 0.381. The molecular formula is C4H8N4O. The van der Waals surface area contributed by atoms with Crippen LogP contribution in [0.15, 0.2) is 6.20 Å². The van der Waals surface area contributed by atoms with Crippen LogP contribution < -0.4 is 11.5 Å². The summed E-state index contributed by atoms with van der Waals surface area (Å²) in [6.45, 7) is 0. The summed E-state index contributed by atoms with van der Waals surface area (Å²) in [5.41, 5.74) is 0.0625. The van der Waals surface area contributed by atoms with E-state index in [1.807, 2.05) is 0 Å². The Hall–Kier alpha value is -1.39. The monoisotopic (exact) mass is 128 g/mol. The largest absolute Gasteiger partial charge is 0.492 e. The smallest absolute Gasteiger partial charge is 0.229 e. The Bertz CT molecular complexity index is 271. The number of hydrogen-bond acceptors (Lipinski definition) is 3. The second-order valence-corrected chi connectivity index (χ2v) is 1.79. The number of nitrogen functional groups attached to an aromatic ring is 1. The van der Waals surface area contributed by atoms with Crippen LogP contribution in [-0.4, -0.2) is 14.3 Å². The van der Waals surface area contributed by atoms with E-state index in [1.165, 1.54) is 10.8 Å². The van der Waals surface area contributed by atoms with Gasteiger partial charge in [-0.05, 0) is 0 Å². The van der Waals surface area contributed by atoms with E-state index in [2.05, 4.69) is 0 Å². The number of nitrogens with two attached hydrogens (primary N) is 1. The molecule has 9 heavy (non-hydrogen) atoms. The van der Waals surface area contributed by atoms with Gasteiger partial charge in [-0.3, -0.25) is 5.41 Å². The Labute approximate surface area is 51.4 Å². The SMILES string of the molecule is Cn1cc(O)n(N)c1=N. The molecule has 50 valence electrons. The summed E-state index contributed by atoms with van der Waals surface area (Å²) in [5.74, 6) is 5.05. The van der Waals surface area contributed by atoms with E-state index in [0.29, 0.717) is 0 Å². The zero-order valence-electron chi connectivity index (χ0n) is 5.00. The molecule has 0 saturated carbocycles. The number of aromatic nitrogens is 2. The molecular weight excluding hydrogens is 120 g/mol. The highest BCUT2D eigenvalue weighted by atomic mass is 16.3. The van der Waals surface area contributed by atoms with Gasteiger partial charge in [0.1, 0.15) is 0 Å². The molecule has 1 aromatic rings. The summed E-state index contributed by atoms with van der Waals surface area (Å²) in [7, 11) is 1.63. The van der Waals surface area contributed by atoms with E-state index in [0.717, 1.165) is 4.68 Å². The van der Waals surface area contributed by atoms with Crippen LogP contribution in [0.3, 0.4) is 0 Å². The van der Waals surface area contributed by atoms with E-state index in [-0.39, 0.29) is 11.5 Å². The van der Waals surface area contributed by atoms with Crippen LogP contribution in [0.5, 0.6) is 5.88 Å². The van der Waals surface area contributed by atoms with Crippen LogP contribution in [0, 0.1) is 5.41 Å². The standard InChI is InChI=1S/C4H8N4O/c1-7-2-3(9)8(6)4(7)5/h2,5,9H,6H2,1H3. The summed E-state index contributed by atoms with van der Waals surface area (Å²) in [5, 5.41) is 15.9. The van der Waals surface area contributed by atoms with E-state index in [9.17, 15) is 0 Å². The maximum Gasteiger partial charge on any atom is 0.229 e. The molecule has 0 spiro atoms. The van der Waals surface area contributed by atoms with Gasteiger partial charge in [0, 0.05) is 7.05 Å². The fraction of sp³-hybridized carbons (Fsp3) is 0.250. The molecule has 0 unspecified atom stereocenters. The first-order valence-electron chi connectivity index (χ1n) is 2.40. The van der Waals surface area contributed by atoms with Crippen molar-refractivity contribution in [1.29, 1.82) is 5.41 Å². The molecule has 0 fully saturated rings. The van der Waals surface area contributed by atoms with Crippen molar-refractivity contribution >= 4 is 0 Å². The maximum atomic E-state index is 8.82. The number of hydrogen-bond donors (Lipinski definition) is 3. The summed E-state index contributed by atoms with van der Waals surface area (Å²) >= 11 is 0. The van der Waals surface area contributed by atoms with E-state index in [4.69, 9.17) is 16.4 Å². The molecule has 5 nitrogen and oxygen atoms in total. The summed E-state index contributed by atoms with van der Waals surface area (Å²) < 4.78 is 2.30. The van der Waals surface area contributed by atoms with Crippen molar-refractivity contribution in [2.45, 2.75) is 0 Å². The topological polar surface area (TPSA) is 80.0 Å². The molecule has 0 atom stereocenters. The van der Waals surface area contributed by atoms with Crippen LogP contribution in [0.1, 0.15) is 0 Å². The van der Waals surface area contributed by atoms with E-state index in [1.54, 1.807) is 7.05 Å². The number of aromatic hydroxyl groups is 1. The first-order chi connectivity index (χ1) is 4.13. The number of nitrogens with zero attached hydrogens (tertiary/aromatic N) is 2. The molecule has 0 aromatic carbocycles. The molecule has 4 N–H and O–H groups in total. The molecule has 0 aliphatic rings. The second kappa shape index (κ2) is 1.54. The van der Waals surface area contributed by atoms with Crippen LogP contribution in [0.4, 0.5) is 0 Å². The number of nitrogens with one attached hydrogen (secondary N) is 1. The van der Waals surface area contributed by atoms with Crippen LogP contribution in [0.2, 0.25) is 0 Å². The Balaban J connectivity index is 3.48. The highest BCUT2D eigenvalue weighted by Gasteiger charge is 1.97. The first kappa shape index (κ1) is 5.74. The van der Waals surface area contributed by atoms with Crippen molar-refractivity contribution in [3.05, 3.63) is 11.8 Å². The Morgan fingerprint density at radius 1 is 1.78 bits per heavy atom. The molecule has 0 aliphatic heterocycles. The van der Waals surface area contributed by atoms with Crippen molar-refractivity contribution < 1.29 is 5.11 Å². The summed E-state index contributed by atoms with van der Waals surface area (Å²) in [4.78, 5) is 0. The van der Waals surface area contributed by atoms with Gasteiger partial charge in [0.25, 0.3) is 0 Å². The van der Waals surface area contributed by atoms with Crippen molar-refractivity contribution in [2.75, 3.05) is 5.84 Å². The second-order valence-electron chi connectivity index (χ2n) is 1.79. The van der Waals surface area contributed by atoms with Gasteiger partial charge in [-0.25, -0.2) is 0 Å². The van der Waals surface area contributed by atoms with Gasteiger partial charge >= 0.3 is 0 Å². The third kappa shape index (κ3) is 0.658. The Morgan fingerprint density at radius 2 is 2.33 bits per heavy atom. The minimum absolute atomic E-state index is 0.0625. The van der Waals surface area contributed by atoms with Crippen molar-refractivity contribution in [3.8, 4) is 5.88 Å². The van der Waals surface area contributed by atoms with Gasteiger partial charge in [-0.1, -0.05) is 0 Å². The number of rotatable bonds is 0. The number of aryl methyl sites for hydroxylation is 1. The lowest BCUT2D eigenvalue weighted by Gasteiger charge is -1.89. The Kier molecular flexibility index (Phi) is 0.985. The molecule has 0 radical (unpaired) electrons. The summed E-state index contributed by atoms with van der Waals surface area (Å²) in [6, 6.07) is 0. The highest BCUT2D eigenvalue weighted by Crippen LogP contribution is 1.97. The molecule has 1 heterocycles. The van der Waals surface area contributed by atoms with Crippen LogP contribution in [0.25, 0.3) is 0 Å². The fourth-order valence-electron chi connectivity index (χ4n) is 0.575. The van der Waals surface area contributed by atoms with Crippen molar-refractivity contribution in [1.82, 2.24) is 9.24 Å².